The Balaban J connectivity index is 2.83. The quantitative estimate of drug-likeness (QED) is 0.766. The van der Waals surface area contributed by atoms with Crippen molar-refractivity contribution in [2.45, 2.75) is 38.2 Å². The van der Waals surface area contributed by atoms with Gasteiger partial charge in [-0.1, -0.05) is 13.8 Å². The fourth-order valence-corrected chi connectivity index (χ4v) is 3.23. The maximum atomic E-state index is 12.1. The number of hydrogen-bond acceptors (Lipinski definition) is 3. The van der Waals surface area contributed by atoms with E-state index in [9.17, 15) is 9.59 Å². The topological polar surface area (TPSA) is 57.6 Å². The van der Waals surface area contributed by atoms with Crippen LogP contribution in [0.15, 0.2) is 11.1 Å². The number of carboxylic acids is 1. The van der Waals surface area contributed by atoms with Crippen LogP contribution < -0.4 is 0 Å². The van der Waals surface area contributed by atoms with Crippen LogP contribution in [0.2, 0.25) is 0 Å². The van der Waals surface area contributed by atoms with Crippen molar-refractivity contribution in [2.75, 3.05) is 13.1 Å². The van der Waals surface area contributed by atoms with Crippen LogP contribution in [-0.4, -0.2) is 45.5 Å². The van der Waals surface area contributed by atoms with Gasteiger partial charge in [-0.2, -0.15) is 11.8 Å². The number of carbonyl (C=O) groups excluding carboxylic acids is 1. The standard InChI is InChI=1S/C12H19NO3S/c1-7-5-13(6-8(2)17-7)11(14)9(3)10(4)12(15)16/h7-8H,5-6H2,1-4H3,(H,15,16). The minimum absolute atomic E-state index is 0.133. The van der Waals surface area contributed by atoms with Crippen LogP contribution in [0.4, 0.5) is 0 Å². The number of hydrogen-bond donors (Lipinski definition) is 1. The average Bonchev–Trinajstić information content (AvgIpc) is 2.24. The summed E-state index contributed by atoms with van der Waals surface area (Å²) in [7, 11) is 0. The Morgan fingerprint density at radius 1 is 1.12 bits per heavy atom. The predicted molar refractivity (Wildman–Crippen MR) is 69.1 cm³/mol. The molecule has 2 atom stereocenters. The SMILES string of the molecule is CC(C(=O)O)=C(C)C(=O)N1CC(C)SC(C)C1. The molecule has 1 aliphatic heterocycles. The summed E-state index contributed by atoms with van der Waals surface area (Å²) in [5.74, 6) is -1.17. The molecule has 1 fully saturated rings. The summed E-state index contributed by atoms with van der Waals surface area (Å²) in [6, 6.07) is 0. The maximum Gasteiger partial charge on any atom is 0.331 e. The second kappa shape index (κ2) is 5.58. The van der Waals surface area contributed by atoms with E-state index in [-0.39, 0.29) is 11.5 Å². The summed E-state index contributed by atoms with van der Waals surface area (Å²) in [5.41, 5.74) is 0.470. The first-order valence-electron chi connectivity index (χ1n) is 5.68. The molecule has 4 nitrogen and oxygen atoms in total. The zero-order valence-electron chi connectivity index (χ0n) is 10.7. The third-order valence-corrected chi connectivity index (χ3v) is 4.14. The Morgan fingerprint density at radius 2 is 1.59 bits per heavy atom. The van der Waals surface area contributed by atoms with Gasteiger partial charge in [0.15, 0.2) is 0 Å². The highest BCUT2D eigenvalue weighted by Crippen LogP contribution is 2.25. The number of thioether (sulfide) groups is 1. The lowest BCUT2D eigenvalue weighted by molar-refractivity contribution is -0.134. The van der Waals surface area contributed by atoms with Crippen LogP contribution in [0.5, 0.6) is 0 Å². The molecular formula is C12H19NO3S. The maximum absolute atomic E-state index is 12.1. The zero-order valence-corrected chi connectivity index (χ0v) is 11.5. The molecule has 5 heteroatoms. The molecule has 17 heavy (non-hydrogen) atoms. The summed E-state index contributed by atoms with van der Waals surface area (Å²) in [5, 5.41) is 9.68. The van der Waals surface area contributed by atoms with E-state index in [4.69, 9.17) is 5.11 Å². The van der Waals surface area contributed by atoms with Gasteiger partial charge in [0.05, 0.1) is 0 Å². The number of aliphatic carboxylic acids is 1. The van der Waals surface area contributed by atoms with Crippen molar-refractivity contribution in [1.29, 1.82) is 0 Å². The molecule has 0 bridgehead atoms. The van der Waals surface area contributed by atoms with Gasteiger partial charge in [0.2, 0.25) is 5.91 Å². The van der Waals surface area contributed by atoms with Crippen molar-refractivity contribution in [2.24, 2.45) is 0 Å². The average molecular weight is 257 g/mol. The van der Waals surface area contributed by atoms with Gasteiger partial charge < -0.3 is 10.0 Å². The molecule has 0 aliphatic carbocycles. The third-order valence-electron chi connectivity index (χ3n) is 2.91. The smallest absolute Gasteiger partial charge is 0.331 e. The first kappa shape index (κ1) is 14.1. The first-order valence-corrected chi connectivity index (χ1v) is 6.62. The van der Waals surface area contributed by atoms with Crippen LogP contribution in [0.25, 0.3) is 0 Å². The minimum atomic E-state index is -1.02. The lowest BCUT2D eigenvalue weighted by Crippen LogP contribution is -2.44. The Morgan fingerprint density at radius 3 is 2.00 bits per heavy atom. The van der Waals surface area contributed by atoms with E-state index < -0.39 is 5.97 Å². The highest BCUT2D eigenvalue weighted by Gasteiger charge is 2.27. The van der Waals surface area contributed by atoms with Crippen molar-refractivity contribution < 1.29 is 14.7 Å². The molecule has 1 amide bonds. The van der Waals surface area contributed by atoms with E-state index in [0.29, 0.717) is 29.2 Å². The fraction of sp³-hybridized carbons (Fsp3) is 0.667. The van der Waals surface area contributed by atoms with Crippen molar-refractivity contribution in [3.8, 4) is 0 Å². The Bertz CT molecular complexity index is 355. The minimum Gasteiger partial charge on any atom is -0.478 e. The molecule has 0 aromatic rings. The summed E-state index contributed by atoms with van der Waals surface area (Å²) < 4.78 is 0. The lowest BCUT2D eigenvalue weighted by Gasteiger charge is -2.35. The number of rotatable bonds is 2. The molecule has 96 valence electrons. The Labute approximate surface area is 106 Å². The van der Waals surface area contributed by atoms with E-state index in [2.05, 4.69) is 13.8 Å². The first-order chi connectivity index (χ1) is 7.82. The Kier molecular flexibility index (Phi) is 4.62. The molecule has 0 radical (unpaired) electrons. The van der Waals surface area contributed by atoms with E-state index in [1.807, 2.05) is 11.8 Å². The predicted octanol–water partition coefficient (Wildman–Crippen LogP) is 1.76. The number of amides is 1. The molecule has 1 saturated heterocycles. The molecule has 0 aromatic heterocycles. The molecule has 0 spiro atoms. The van der Waals surface area contributed by atoms with Gasteiger partial charge in [-0.05, 0) is 13.8 Å². The summed E-state index contributed by atoms with van der Waals surface area (Å²) in [4.78, 5) is 24.7. The van der Waals surface area contributed by atoms with E-state index in [0.717, 1.165) is 0 Å². The number of nitrogens with zero attached hydrogens (tertiary/aromatic N) is 1. The van der Waals surface area contributed by atoms with Crippen molar-refractivity contribution in [3.63, 3.8) is 0 Å². The van der Waals surface area contributed by atoms with Gasteiger partial charge in [-0.25, -0.2) is 4.79 Å². The molecule has 1 heterocycles. The van der Waals surface area contributed by atoms with Crippen LogP contribution in [0.3, 0.4) is 0 Å². The highest BCUT2D eigenvalue weighted by atomic mass is 32.2. The van der Waals surface area contributed by atoms with Crippen LogP contribution >= 0.6 is 11.8 Å². The molecule has 1 rings (SSSR count). The molecule has 0 saturated carbocycles. The second-order valence-corrected chi connectivity index (χ2v) is 6.40. The van der Waals surface area contributed by atoms with Crippen molar-refractivity contribution >= 4 is 23.6 Å². The fourth-order valence-electron chi connectivity index (χ4n) is 1.90. The monoisotopic (exact) mass is 257 g/mol. The molecule has 2 unspecified atom stereocenters. The lowest BCUT2D eigenvalue weighted by atomic mass is 10.1. The summed E-state index contributed by atoms with van der Waals surface area (Å²) in [6.07, 6.45) is 0. The summed E-state index contributed by atoms with van der Waals surface area (Å²) in [6.45, 7) is 8.62. The van der Waals surface area contributed by atoms with Gasteiger partial charge >= 0.3 is 5.97 Å². The second-order valence-electron chi connectivity index (χ2n) is 4.52. The largest absolute Gasteiger partial charge is 0.478 e. The summed E-state index contributed by atoms with van der Waals surface area (Å²) >= 11 is 1.86. The van der Waals surface area contributed by atoms with Crippen molar-refractivity contribution in [1.82, 2.24) is 4.90 Å². The normalized spacial score (nSPS) is 26.5. The van der Waals surface area contributed by atoms with Gasteiger partial charge in [-0.15, -0.1) is 0 Å². The molecule has 1 N–H and O–H groups in total. The van der Waals surface area contributed by atoms with Gasteiger partial charge in [0.1, 0.15) is 0 Å². The number of carboxylic acid groups (broad SMARTS) is 1. The molecule has 0 aromatic carbocycles. The molecular weight excluding hydrogens is 238 g/mol. The van der Waals surface area contributed by atoms with E-state index in [1.165, 1.54) is 6.92 Å². The van der Waals surface area contributed by atoms with Crippen LogP contribution in [0, 0.1) is 0 Å². The van der Waals surface area contributed by atoms with Crippen molar-refractivity contribution in [3.05, 3.63) is 11.1 Å². The highest BCUT2D eigenvalue weighted by molar-refractivity contribution is 8.00. The number of carbonyl (C=O) groups is 2. The van der Waals surface area contributed by atoms with Crippen LogP contribution in [-0.2, 0) is 9.59 Å². The van der Waals surface area contributed by atoms with Gasteiger partial charge in [0.25, 0.3) is 0 Å². The Hall–Kier alpha value is -0.970. The van der Waals surface area contributed by atoms with E-state index >= 15 is 0 Å². The third kappa shape index (κ3) is 3.49. The van der Waals surface area contributed by atoms with Gasteiger partial charge in [0, 0.05) is 34.7 Å². The molecule has 1 aliphatic rings. The van der Waals surface area contributed by atoms with E-state index in [1.54, 1.807) is 11.8 Å². The van der Waals surface area contributed by atoms with Crippen LogP contribution in [0.1, 0.15) is 27.7 Å². The van der Waals surface area contributed by atoms with Gasteiger partial charge in [-0.3, -0.25) is 4.79 Å². The zero-order chi connectivity index (χ0) is 13.2.